The van der Waals surface area contributed by atoms with Gasteiger partial charge in [0, 0.05) is 31.2 Å². The van der Waals surface area contributed by atoms with E-state index in [1.54, 1.807) is 42.5 Å². The Kier molecular flexibility index (Phi) is 10.0. The van der Waals surface area contributed by atoms with Gasteiger partial charge in [-0.15, -0.1) is 0 Å². The van der Waals surface area contributed by atoms with Crippen LogP contribution < -0.4 is 15.6 Å². The second-order valence-corrected chi connectivity index (χ2v) is 11.6. The molecule has 0 fully saturated rings. The van der Waals surface area contributed by atoms with Crippen LogP contribution in [0, 0.1) is 11.6 Å². The maximum Gasteiger partial charge on any atom is 0.265 e. The number of aliphatic hydroxyl groups excluding tert-OH is 1. The van der Waals surface area contributed by atoms with E-state index in [1.807, 2.05) is 0 Å². The number of sulfone groups is 1. The summed E-state index contributed by atoms with van der Waals surface area (Å²) in [7, 11) is -3.72. The number of carbonyl (C=O) groups is 1. The summed E-state index contributed by atoms with van der Waals surface area (Å²) in [6.07, 6.45) is 0.565. The molecule has 1 atom stereocenters. The van der Waals surface area contributed by atoms with Crippen molar-refractivity contribution in [3.8, 4) is 5.75 Å². The Balaban J connectivity index is 1.48. The van der Waals surface area contributed by atoms with Crippen LogP contribution in [0.4, 0.5) is 8.78 Å². The Bertz CT molecular complexity index is 1450. The first kappa shape index (κ1) is 30.1. The fraction of sp³-hybridized carbons (Fsp3) is 0.310. The highest BCUT2D eigenvalue weighted by Gasteiger charge is 2.45. The number of rotatable bonds is 14. The molecule has 0 saturated carbocycles. The van der Waals surface area contributed by atoms with E-state index in [-0.39, 0.29) is 49.1 Å². The molecule has 1 amide bonds. The number of aliphatic imine (C=N–C) groups is 1. The number of carbonyl (C=O) groups excluding carboxylic acids is 1. The maximum absolute atomic E-state index is 13.5. The van der Waals surface area contributed by atoms with Gasteiger partial charge in [0.25, 0.3) is 5.91 Å². The Hall–Kier alpha value is -3.87. The van der Waals surface area contributed by atoms with Gasteiger partial charge in [-0.3, -0.25) is 10.2 Å². The number of nitrogens with one attached hydrogen (secondary N) is 2. The van der Waals surface area contributed by atoms with Crippen LogP contribution in [0.2, 0.25) is 0 Å². The highest BCUT2D eigenvalue weighted by Crippen LogP contribution is 2.28. The van der Waals surface area contributed by atoms with Gasteiger partial charge in [0.05, 0.1) is 17.3 Å². The Labute approximate surface area is 237 Å². The van der Waals surface area contributed by atoms with Crippen molar-refractivity contribution in [1.82, 2.24) is 10.9 Å². The van der Waals surface area contributed by atoms with Crippen LogP contribution in [0.5, 0.6) is 5.75 Å². The van der Waals surface area contributed by atoms with Crippen LogP contribution >= 0.6 is 0 Å². The summed E-state index contributed by atoms with van der Waals surface area (Å²) < 4.78 is 64.3. The molecular formula is C29H31F2N3O6S. The van der Waals surface area contributed by atoms with Crippen molar-refractivity contribution in [2.24, 2.45) is 4.99 Å². The van der Waals surface area contributed by atoms with Crippen molar-refractivity contribution < 1.29 is 36.6 Å². The van der Waals surface area contributed by atoms with Gasteiger partial charge in [-0.05, 0) is 66.9 Å². The third-order valence-corrected chi connectivity index (χ3v) is 8.14. The van der Waals surface area contributed by atoms with Crippen molar-refractivity contribution in [2.45, 2.75) is 29.7 Å². The third-order valence-electron chi connectivity index (χ3n) is 6.41. The highest BCUT2D eigenvalue weighted by atomic mass is 32.2. The van der Waals surface area contributed by atoms with Crippen molar-refractivity contribution in [3.63, 3.8) is 0 Å². The summed E-state index contributed by atoms with van der Waals surface area (Å²) in [5.74, 6) is -1.60. The molecule has 0 bridgehead atoms. The number of nitrogens with zero attached hydrogens (tertiary/aromatic N) is 1. The lowest BCUT2D eigenvalue weighted by molar-refractivity contribution is -0.127. The van der Waals surface area contributed by atoms with E-state index < -0.39 is 32.9 Å². The number of amides is 1. The van der Waals surface area contributed by atoms with Crippen LogP contribution in [-0.2, 0) is 25.8 Å². The number of aliphatic hydroxyl groups is 1. The van der Waals surface area contributed by atoms with Gasteiger partial charge in [0.1, 0.15) is 24.0 Å². The lowest BCUT2D eigenvalue weighted by Gasteiger charge is -2.23. The summed E-state index contributed by atoms with van der Waals surface area (Å²) in [6, 6.07) is 17.9. The van der Waals surface area contributed by atoms with E-state index in [0.29, 0.717) is 29.9 Å². The molecule has 0 saturated heterocycles. The first-order valence-electron chi connectivity index (χ1n) is 13.0. The minimum absolute atomic E-state index is 0.0189. The van der Waals surface area contributed by atoms with Crippen molar-refractivity contribution >= 4 is 21.6 Å². The molecule has 3 aromatic carbocycles. The number of hydrogen-bond donors (Lipinski definition) is 3. The first-order valence-corrected chi connectivity index (χ1v) is 14.7. The zero-order chi connectivity index (χ0) is 29.3. The number of hydrazine groups is 1. The second-order valence-electron chi connectivity index (χ2n) is 9.48. The molecule has 3 N–H and O–H groups in total. The molecule has 9 nitrogen and oxygen atoms in total. The molecule has 0 spiro atoms. The average Bonchev–Trinajstić information content (AvgIpc) is 3.41. The normalized spacial score (nSPS) is 16.6. The van der Waals surface area contributed by atoms with E-state index in [0.717, 1.165) is 6.07 Å². The van der Waals surface area contributed by atoms with Gasteiger partial charge in [-0.25, -0.2) is 27.6 Å². The molecule has 3 aromatic rings. The predicted molar refractivity (Wildman–Crippen MR) is 148 cm³/mol. The van der Waals surface area contributed by atoms with E-state index in [1.165, 1.54) is 24.3 Å². The summed E-state index contributed by atoms with van der Waals surface area (Å²) in [6.45, 7) is 0.338. The van der Waals surface area contributed by atoms with E-state index in [9.17, 15) is 22.0 Å². The standard InChI is InChI=1S/C29H31F2N3O6S/c30-23-17-21(18-24(31)19-23)11-13-32-34-28(36)29(12-16-41(37,38)26-5-2-1-3-6-26)20-40-27(33-29)22-7-9-25(10-8-22)39-15-4-14-35/h1-3,5-10,17-19,32,35H,4,11-16,20H2,(H,34,36)/t29-/m0/s1. The molecule has 1 aliphatic rings. The smallest absolute Gasteiger partial charge is 0.265 e. The minimum Gasteiger partial charge on any atom is -0.494 e. The lowest BCUT2D eigenvalue weighted by Crippen LogP contribution is -2.52. The molecule has 0 aromatic heterocycles. The SMILES string of the molecule is O=C(NNCCc1cc(F)cc(F)c1)[C@]1(CCS(=O)(=O)c2ccccc2)COC(c2ccc(OCCCO)cc2)=N1. The average molecular weight is 588 g/mol. The van der Waals surface area contributed by atoms with E-state index in [4.69, 9.17) is 14.6 Å². The van der Waals surface area contributed by atoms with Crippen LogP contribution in [-0.4, -0.2) is 63.0 Å². The summed E-state index contributed by atoms with van der Waals surface area (Å²) in [5, 5.41) is 8.91. The van der Waals surface area contributed by atoms with Crippen molar-refractivity contribution in [3.05, 3.63) is 95.6 Å². The lowest BCUT2D eigenvalue weighted by atomic mass is 9.98. The Morgan fingerprint density at radius 3 is 2.44 bits per heavy atom. The van der Waals surface area contributed by atoms with Gasteiger partial charge >= 0.3 is 0 Å². The van der Waals surface area contributed by atoms with Gasteiger partial charge in [0.15, 0.2) is 15.4 Å². The summed E-state index contributed by atoms with van der Waals surface area (Å²) in [4.78, 5) is 18.1. The number of halogens is 2. The zero-order valence-electron chi connectivity index (χ0n) is 22.2. The van der Waals surface area contributed by atoms with Crippen LogP contribution in [0.3, 0.4) is 0 Å². The quantitative estimate of drug-likeness (QED) is 0.196. The Morgan fingerprint density at radius 1 is 1.05 bits per heavy atom. The second kappa shape index (κ2) is 13.7. The van der Waals surface area contributed by atoms with Crippen molar-refractivity contribution in [1.29, 1.82) is 0 Å². The van der Waals surface area contributed by atoms with Crippen molar-refractivity contribution in [2.75, 3.05) is 32.1 Å². The summed E-state index contributed by atoms with van der Waals surface area (Å²) >= 11 is 0. The molecule has 0 unspecified atom stereocenters. The molecule has 4 rings (SSSR count). The minimum atomic E-state index is -3.72. The fourth-order valence-electron chi connectivity index (χ4n) is 4.17. The number of hydrogen-bond acceptors (Lipinski definition) is 8. The van der Waals surface area contributed by atoms with Gasteiger partial charge < -0.3 is 14.6 Å². The largest absolute Gasteiger partial charge is 0.494 e. The topological polar surface area (TPSA) is 126 Å². The molecule has 12 heteroatoms. The van der Waals surface area contributed by atoms with Gasteiger partial charge in [0.2, 0.25) is 5.90 Å². The maximum atomic E-state index is 13.5. The van der Waals surface area contributed by atoms with Crippen LogP contribution in [0.15, 0.2) is 82.7 Å². The van der Waals surface area contributed by atoms with E-state index in [2.05, 4.69) is 15.8 Å². The fourth-order valence-corrected chi connectivity index (χ4v) is 5.58. The molecule has 218 valence electrons. The zero-order valence-corrected chi connectivity index (χ0v) is 23.0. The Morgan fingerprint density at radius 2 is 1.76 bits per heavy atom. The van der Waals surface area contributed by atoms with Gasteiger partial charge in [-0.2, -0.15) is 0 Å². The number of benzene rings is 3. The monoisotopic (exact) mass is 587 g/mol. The molecule has 0 radical (unpaired) electrons. The first-order chi connectivity index (χ1) is 19.7. The van der Waals surface area contributed by atoms with Crippen LogP contribution in [0.25, 0.3) is 0 Å². The highest BCUT2D eigenvalue weighted by molar-refractivity contribution is 7.91. The molecule has 41 heavy (non-hydrogen) atoms. The molecule has 1 aliphatic heterocycles. The molecule has 0 aliphatic carbocycles. The molecular weight excluding hydrogens is 556 g/mol. The van der Waals surface area contributed by atoms with Gasteiger partial charge in [-0.1, -0.05) is 18.2 Å². The third kappa shape index (κ3) is 8.09. The number of ether oxygens (including phenoxy) is 2. The predicted octanol–water partition coefficient (Wildman–Crippen LogP) is 2.97. The molecule has 1 heterocycles. The summed E-state index contributed by atoms with van der Waals surface area (Å²) in [5.41, 5.74) is 4.71. The van der Waals surface area contributed by atoms with Crippen LogP contribution in [0.1, 0.15) is 24.0 Å². The van der Waals surface area contributed by atoms with E-state index >= 15 is 0 Å².